The van der Waals surface area contributed by atoms with E-state index in [1.165, 1.54) is 10.5 Å². The van der Waals surface area contributed by atoms with Crippen molar-refractivity contribution in [3.05, 3.63) is 83.4 Å². The first-order chi connectivity index (χ1) is 19.6. The van der Waals surface area contributed by atoms with Gasteiger partial charge in [-0.05, 0) is 29.5 Å². The van der Waals surface area contributed by atoms with Crippen LogP contribution < -0.4 is 0 Å². The predicted molar refractivity (Wildman–Crippen MR) is 155 cm³/mol. The number of carbonyl (C=O) groups is 3. The summed E-state index contributed by atoms with van der Waals surface area (Å²) in [6.45, 7) is 9.22. The molecule has 8 heteroatoms. The molecule has 3 aliphatic heterocycles. The SMILES string of the molecule is O=C(CN1CCN(CCN2C(=O)c3cccc4cccc(c34)C2=O)CC1)N1CCN(CCc2ccccc2)CC1. The van der Waals surface area contributed by atoms with E-state index in [0.717, 1.165) is 76.1 Å². The fourth-order valence-electron chi connectivity index (χ4n) is 6.14. The van der Waals surface area contributed by atoms with Crippen LogP contribution in [0.15, 0.2) is 66.7 Å². The van der Waals surface area contributed by atoms with E-state index in [1.807, 2.05) is 47.4 Å². The minimum absolute atomic E-state index is 0.210. The minimum atomic E-state index is -0.210. The molecule has 3 heterocycles. The topological polar surface area (TPSA) is 67.4 Å². The van der Waals surface area contributed by atoms with Gasteiger partial charge in [0.05, 0.1) is 6.54 Å². The molecule has 6 rings (SSSR count). The molecule has 0 saturated carbocycles. The number of hydrogen-bond acceptors (Lipinski definition) is 6. The van der Waals surface area contributed by atoms with Gasteiger partial charge in [0, 0.05) is 88.5 Å². The van der Waals surface area contributed by atoms with Crippen molar-refractivity contribution < 1.29 is 14.4 Å². The lowest BCUT2D eigenvalue weighted by Crippen LogP contribution is -2.54. The Morgan fingerprint density at radius 2 is 1.18 bits per heavy atom. The molecule has 0 unspecified atom stereocenters. The summed E-state index contributed by atoms with van der Waals surface area (Å²) in [7, 11) is 0. The summed E-state index contributed by atoms with van der Waals surface area (Å²) in [4.78, 5) is 49.7. The Balaban J connectivity index is 0.930. The highest BCUT2D eigenvalue weighted by Gasteiger charge is 2.33. The van der Waals surface area contributed by atoms with Gasteiger partial charge in [-0.15, -0.1) is 0 Å². The second-order valence-electron chi connectivity index (χ2n) is 11.0. The number of imide groups is 1. The van der Waals surface area contributed by atoms with Crippen molar-refractivity contribution in [3.8, 4) is 0 Å². The fourth-order valence-corrected chi connectivity index (χ4v) is 6.14. The summed E-state index contributed by atoms with van der Waals surface area (Å²) in [5.74, 6) is -0.203. The Kier molecular flexibility index (Phi) is 7.91. The summed E-state index contributed by atoms with van der Waals surface area (Å²) in [5.41, 5.74) is 2.57. The van der Waals surface area contributed by atoms with Gasteiger partial charge in [-0.2, -0.15) is 0 Å². The van der Waals surface area contributed by atoms with E-state index in [0.29, 0.717) is 30.8 Å². The first kappa shape index (κ1) is 26.6. The molecular weight excluding hydrogens is 502 g/mol. The van der Waals surface area contributed by atoms with Crippen molar-refractivity contribution in [1.82, 2.24) is 24.5 Å². The Morgan fingerprint density at radius 1 is 0.600 bits per heavy atom. The predicted octanol–water partition coefficient (Wildman–Crippen LogP) is 2.44. The van der Waals surface area contributed by atoms with Gasteiger partial charge in [0.25, 0.3) is 11.8 Å². The van der Waals surface area contributed by atoms with E-state index in [1.54, 1.807) is 0 Å². The molecule has 8 nitrogen and oxygen atoms in total. The third-order valence-corrected chi connectivity index (χ3v) is 8.60. The molecule has 2 saturated heterocycles. The van der Waals surface area contributed by atoms with Gasteiger partial charge in [0.2, 0.25) is 5.91 Å². The standard InChI is InChI=1S/C32H37N5O3/c38-29(36-21-18-33(19-22-36)13-12-25-6-2-1-3-7-25)24-35-16-14-34(15-17-35)20-23-37-31(39)27-10-4-8-26-9-5-11-28(30(26)27)32(37)40/h1-11H,12-24H2. The molecule has 0 spiro atoms. The van der Waals surface area contributed by atoms with Crippen LogP contribution in [0, 0.1) is 0 Å². The average Bonchev–Trinajstić information content (AvgIpc) is 3.00. The van der Waals surface area contributed by atoms with Crippen LogP contribution in [0.2, 0.25) is 0 Å². The molecule has 0 N–H and O–H groups in total. The van der Waals surface area contributed by atoms with Crippen molar-refractivity contribution in [2.75, 3.05) is 78.5 Å². The zero-order valence-electron chi connectivity index (χ0n) is 23.0. The zero-order valence-corrected chi connectivity index (χ0v) is 23.0. The van der Waals surface area contributed by atoms with Crippen LogP contribution in [0.4, 0.5) is 0 Å². The van der Waals surface area contributed by atoms with E-state index < -0.39 is 0 Å². The normalized spacial score (nSPS) is 19.0. The summed E-state index contributed by atoms with van der Waals surface area (Å²) >= 11 is 0. The van der Waals surface area contributed by atoms with Gasteiger partial charge < -0.3 is 4.90 Å². The van der Waals surface area contributed by atoms with E-state index >= 15 is 0 Å². The van der Waals surface area contributed by atoms with Crippen molar-refractivity contribution in [2.45, 2.75) is 6.42 Å². The van der Waals surface area contributed by atoms with E-state index in [4.69, 9.17) is 0 Å². The molecule has 2 fully saturated rings. The highest BCUT2D eigenvalue weighted by atomic mass is 16.2. The fraction of sp³-hybridized carbons (Fsp3) is 0.406. The van der Waals surface area contributed by atoms with Crippen molar-refractivity contribution >= 4 is 28.5 Å². The van der Waals surface area contributed by atoms with E-state index in [2.05, 4.69) is 39.0 Å². The van der Waals surface area contributed by atoms with Gasteiger partial charge in [0.15, 0.2) is 0 Å². The van der Waals surface area contributed by atoms with Crippen LogP contribution in [-0.2, 0) is 11.2 Å². The van der Waals surface area contributed by atoms with Crippen molar-refractivity contribution in [1.29, 1.82) is 0 Å². The molecule has 0 radical (unpaired) electrons. The highest BCUT2D eigenvalue weighted by molar-refractivity contribution is 6.25. The Labute approximate surface area is 235 Å². The molecule has 3 aromatic rings. The number of nitrogens with zero attached hydrogens (tertiary/aromatic N) is 5. The average molecular weight is 540 g/mol. The lowest BCUT2D eigenvalue weighted by molar-refractivity contribution is -0.134. The largest absolute Gasteiger partial charge is 0.339 e. The summed E-state index contributed by atoms with van der Waals surface area (Å²) in [6, 6.07) is 21.8. The van der Waals surface area contributed by atoms with Gasteiger partial charge >= 0.3 is 0 Å². The number of piperazine rings is 2. The molecule has 0 aromatic heterocycles. The zero-order chi connectivity index (χ0) is 27.5. The number of carbonyl (C=O) groups excluding carboxylic acids is 3. The van der Waals surface area contributed by atoms with Gasteiger partial charge in [-0.3, -0.25) is 34.0 Å². The number of rotatable bonds is 8. The molecule has 3 aliphatic rings. The first-order valence-electron chi connectivity index (χ1n) is 14.4. The smallest absolute Gasteiger partial charge is 0.261 e. The van der Waals surface area contributed by atoms with Crippen LogP contribution in [-0.4, -0.2) is 121 Å². The van der Waals surface area contributed by atoms with Gasteiger partial charge in [-0.1, -0.05) is 54.6 Å². The van der Waals surface area contributed by atoms with Crippen LogP contribution in [0.3, 0.4) is 0 Å². The molecule has 0 aliphatic carbocycles. The minimum Gasteiger partial charge on any atom is -0.339 e. The van der Waals surface area contributed by atoms with Crippen LogP contribution in [0.25, 0.3) is 10.8 Å². The molecule has 208 valence electrons. The Hall–Kier alpha value is -3.59. The maximum atomic E-state index is 13.2. The molecular formula is C32H37N5O3. The van der Waals surface area contributed by atoms with E-state index in [-0.39, 0.29) is 17.7 Å². The highest BCUT2D eigenvalue weighted by Crippen LogP contribution is 2.29. The third kappa shape index (κ3) is 5.66. The summed E-state index contributed by atoms with van der Waals surface area (Å²) in [6.07, 6.45) is 1.04. The number of benzene rings is 3. The number of hydrogen-bond donors (Lipinski definition) is 0. The number of amides is 3. The van der Waals surface area contributed by atoms with Crippen LogP contribution >= 0.6 is 0 Å². The lowest BCUT2D eigenvalue weighted by atomic mass is 9.94. The monoisotopic (exact) mass is 539 g/mol. The summed E-state index contributed by atoms with van der Waals surface area (Å²) in [5, 5.41) is 1.69. The maximum absolute atomic E-state index is 13.2. The first-order valence-corrected chi connectivity index (χ1v) is 14.4. The molecule has 40 heavy (non-hydrogen) atoms. The molecule has 3 amide bonds. The van der Waals surface area contributed by atoms with Gasteiger partial charge in [-0.25, -0.2) is 0 Å². The van der Waals surface area contributed by atoms with Crippen LogP contribution in [0.1, 0.15) is 26.3 Å². The molecule has 0 atom stereocenters. The maximum Gasteiger partial charge on any atom is 0.261 e. The third-order valence-electron chi connectivity index (χ3n) is 8.60. The second kappa shape index (κ2) is 11.9. The van der Waals surface area contributed by atoms with Crippen molar-refractivity contribution in [2.24, 2.45) is 0 Å². The van der Waals surface area contributed by atoms with E-state index in [9.17, 15) is 14.4 Å². The van der Waals surface area contributed by atoms with Crippen molar-refractivity contribution in [3.63, 3.8) is 0 Å². The summed E-state index contributed by atoms with van der Waals surface area (Å²) < 4.78 is 0. The Morgan fingerprint density at radius 3 is 1.82 bits per heavy atom. The Bertz CT molecular complexity index is 1330. The van der Waals surface area contributed by atoms with Gasteiger partial charge in [0.1, 0.15) is 0 Å². The molecule has 3 aromatic carbocycles. The lowest BCUT2D eigenvalue weighted by Gasteiger charge is -2.38. The molecule has 0 bridgehead atoms. The quantitative estimate of drug-likeness (QED) is 0.410. The second-order valence-corrected chi connectivity index (χ2v) is 11.0. The van der Waals surface area contributed by atoms with Crippen LogP contribution in [0.5, 0.6) is 0 Å².